The van der Waals surface area contributed by atoms with Crippen molar-refractivity contribution in [2.24, 2.45) is 5.73 Å². The maximum atomic E-state index is 6.06. The van der Waals surface area contributed by atoms with E-state index >= 15 is 0 Å². The standard InChI is InChI=1S/C12H11ClN2/c13-10-6-4-9(5-7-10)12(14)11-3-1-2-8-15-11/h1-8,12H,14H2/t12-/m1/s1. The van der Waals surface area contributed by atoms with Crippen molar-refractivity contribution in [2.75, 3.05) is 0 Å². The van der Waals surface area contributed by atoms with E-state index in [4.69, 9.17) is 17.3 Å². The first-order valence-electron chi connectivity index (χ1n) is 4.69. The fourth-order valence-electron chi connectivity index (χ4n) is 1.40. The van der Waals surface area contributed by atoms with Crippen molar-refractivity contribution >= 4 is 11.6 Å². The van der Waals surface area contributed by atoms with Gasteiger partial charge in [0, 0.05) is 11.2 Å². The van der Waals surface area contributed by atoms with Crippen LogP contribution in [0.4, 0.5) is 0 Å². The van der Waals surface area contributed by atoms with Crippen molar-refractivity contribution in [3.05, 3.63) is 64.9 Å². The van der Waals surface area contributed by atoms with Crippen LogP contribution in [0.5, 0.6) is 0 Å². The van der Waals surface area contributed by atoms with E-state index in [0.29, 0.717) is 5.02 Å². The van der Waals surface area contributed by atoms with E-state index < -0.39 is 0 Å². The first kappa shape index (κ1) is 10.1. The normalized spacial score (nSPS) is 12.4. The topological polar surface area (TPSA) is 38.9 Å². The summed E-state index contributed by atoms with van der Waals surface area (Å²) in [5.74, 6) is 0. The van der Waals surface area contributed by atoms with Crippen molar-refractivity contribution in [3.63, 3.8) is 0 Å². The Balaban J connectivity index is 2.29. The van der Waals surface area contributed by atoms with Gasteiger partial charge in [-0.15, -0.1) is 0 Å². The first-order chi connectivity index (χ1) is 7.27. The number of aromatic nitrogens is 1. The Morgan fingerprint density at radius 2 is 1.80 bits per heavy atom. The van der Waals surface area contributed by atoms with Gasteiger partial charge in [-0.1, -0.05) is 29.8 Å². The highest BCUT2D eigenvalue weighted by molar-refractivity contribution is 6.30. The van der Waals surface area contributed by atoms with Gasteiger partial charge >= 0.3 is 0 Å². The third-order valence-corrected chi connectivity index (χ3v) is 2.49. The summed E-state index contributed by atoms with van der Waals surface area (Å²) in [5, 5.41) is 0.715. The highest BCUT2D eigenvalue weighted by Gasteiger charge is 2.08. The van der Waals surface area contributed by atoms with Crippen LogP contribution in [-0.4, -0.2) is 4.98 Å². The number of benzene rings is 1. The van der Waals surface area contributed by atoms with E-state index in [9.17, 15) is 0 Å². The maximum absolute atomic E-state index is 6.06. The number of hydrogen-bond donors (Lipinski definition) is 1. The molecule has 1 aromatic heterocycles. The molecule has 1 aromatic carbocycles. The summed E-state index contributed by atoms with van der Waals surface area (Å²) in [4.78, 5) is 4.22. The van der Waals surface area contributed by atoms with Gasteiger partial charge in [0.15, 0.2) is 0 Å². The van der Waals surface area contributed by atoms with Crippen LogP contribution in [-0.2, 0) is 0 Å². The second-order valence-corrected chi connectivity index (χ2v) is 3.72. The molecule has 76 valence electrons. The molecule has 15 heavy (non-hydrogen) atoms. The summed E-state index contributed by atoms with van der Waals surface area (Å²) in [6, 6.07) is 13.0. The van der Waals surface area contributed by atoms with Gasteiger partial charge < -0.3 is 5.73 Å². The Hall–Kier alpha value is -1.38. The zero-order chi connectivity index (χ0) is 10.7. The van der Waals surface area contributed by atoms with Crippen LogP contribution >= 0.6 is 11.6 Å². The minimum atomic E-state index is -0.191. The average Bonchev–Trinajstić information content (AvgIpc) is 2.30. The number of halogens is 1. The average molecular weight is 219 g/mol. The molecule has 0 saturated carbocycles. The largest absolute Gasteiger partial charge is 0.319 e. The van der Waals surface area contributed by atoms with Gasteiger partial charge in [0.1, 0.15) is 0 Å². The van der Waals surface area contributed by atoms with Crippen molar-refractivity contribution < 1.29 is 0 Å². The molecule has 1 heterocycles. The predicted octanol–water partition coefficient (Wildman–Crippen LogP) is 2.78. The molecule has 0 radical (unpaired) electrons. The maximum Gasteiger partial charge on any atom is 0.0726 e. The van der Waals surface area contributed by atoms with Gasteiger partial charge in [-0.05, 0) is 29.8 Å². The molecule has 0 fully saturated rings. The number of nitrogens with zero attached hydrogens (tertiary/aromatic N) is 1. The van der Waals surface area contributed by atoms with Crippen LogP contribution in [0.2, 0.25) is 5.02 Å². The van der Waals surface area contributed by atoms with Crippen molar-refractivity contribution in [3.8, 4) is 0 Å². The second kappa shape index (κ2) is 4.43. The molecular weight excluding hydrogens is 208 g/mol. The zero-order valence-electron chi connectivity index (χ0n) is 8.10. The Morgan fingerprint density at radius 1 is 1.07 bits per heavy atom. The van der Waals surface area contributed by atoms with E-state index in [2.05, 4.69) is 4.98 Å². The van der Waals surface area contributed by atoms with Crippen LogP contribution < -0.4 is 5.73 Å². The molecule has 0 aliphatic rings. The summed E-state index contributed by atoms with van der Waals surface area (Å²) >= 11 is 5.81. The molecule has 3 heteroatoms. The molecule has 2 N–H and O–H groups in total. The molecule has 0 spiro atoms. The molecule has 0 aliphatic heterocycles. The van der Waals surface area contributed by atoms with Gasteiger partial charge in [-0.2, -0.15) is 0 Å². The number of pyridine rings is 1. The number of nitrogens with two attached hydrogens (primary N) is 1. The van der Waals surface area contributed by atoms with Crippen LogP contribution in [0.25, 0.3) is 0 Å². The minimum Gasteiger partial charge on any atom is -0.319 e. The van der Waals surface area contributed by atoms with Gasteiger partial charge in [0.05, 0.1) is 11.7 Å². The Bertz CT molecular complexity index is 425. The Morgan fingerprint density at radius 3 is 2.40 bits per heavy atom. The molecule has 0 saturated heterocycles. The number of hydrogen-bond acceptors (Lipinski definition) is 2. The summed E-state index contributed by atoms with van der Waals surface area (Å²) in [5.41, 5.74) is 7.93. The fourth-order valence-corrected chi connectivity index (χ4v) is 1.53. The molecular formula is C12H11ClN2. The van der Waals surface area contributed by atoms with E-state index in [1.807, 2.05) is 42.5 Å². The third kappa shape index (κ3) is 2.35. The lowest BCUT2D eigenvalue weighted by atomic mass is 10.0. The highest BCUT2D eigenvalue weighted by Crippen LogP contribution is 2.19. The minimum absolute atomic E-state index is 0.191. The van der Waals surface area contributed by atoms with Gasteiger partial charge in [0.2, 0.25) is 0 Å². The lowest BCUT2D eigenvalue weighted by Crippen LogP contribution is -2.12. The van der Waals surface area contributed by atoms with Crippen LogP contribution in [0.15, 0.2) is 48.7 Å². The molecule has 0 unspecified atom stereocenters. The Kier molecular flexibility index (Phi) is 2.99. The summed E-state index contributed by atoms with van der Waals surface area (Å²) in [6.07, 6.45) is 1.74. The van der Waals surface area contributed by atoms with Crippen LogP contribution in [0.3, 0.4) is 0 Å². The SMILES string of the molecule is N[C@H](c1ccc(Cl)cc1)c1ccccn1. The molecule has 2 aromatic rings. The predicted molar refractivity (Wildman–Crippen MR) is 61.7 cm³/mol. The number of rotatable bonds is 2. The molecule has 1 atom stereocenters. The van der Waals surface area contributed by atoms with Gasteiger partial charge in [-0.3, -0.25) is 4.98 Å². The zero-order valence-corrected chi connectivity index (χ0v) is 8.85. The monoisotopic (exact) mass is 218 g/mol. The van der Waals surface area contributed by atoms with Crippen LogP contribution in [0, 0.1) is 0 Å². The summed E-state index contributed by atoms with van der Waals surface area (Å²) in [7, 11) is 0. The summed E-state index contributed by atoms with van der Waals surface area (Å²) < 4.78 is 0. The first-order valence-corrected chi connectivity index (χ1v) is 5.07. The van der Waals surface area contributed by atoms with Gasteiger partial charge in [-0.25, -0.2) is 0 Å². The van der Waals surface area contributed by atoms with Crippen LogP contribution in [0.1, 0.15) is 17.3 Å². The summed E-state index contributed by atoms with van der Waals surface area (Å²) in [6.45, 7) is 0. The molecule has 2 rings (SSSR count). The Labute approximate surface area is 93.7 Å². The lowest BCUT2D eigenvalue weighted by Gasteiger charge is -2.10. The van der Waals surface area contributed by atoms with E-state index in [1.54, 1.807) is 6.20 Å². The van der Waals surface area contributed by atoms with Crippen molar-refractivity contribution in [1.82, 2.24) is 4.98 Å². The van der Waals surface area contributed by atoms with Crippen molar-refractivity contribution in [1.29, 1.82) is 0 Å². The van der Waals surface area contributed by atoms with E-state index in [0.717, 1.165) is 11.3 Å². The third-order valence-electron chi connectivity index (χ3n) is 2.24. The highest BCUT2D eigenvalue weighted by atomic mass is 35.5. The lowest BCUT2D eigenvalue weighted by molar-refractivity contribution is 0.829. The molecule has 2 nitrogen and oxygen atoms in total. The smallest absolute Gasteiger partial charge is 0.0726 e. The molecule has 0 bridgehead atoms. The quantitative estimate of drug-likeness (QED) is 0.842. The van der Waals surface area contributed by atoms with E-state index in [1.165, 1.54) is 0 Å². The van der Waals surface area contributed by atoms with E-state index in [-0.39, 0.29) is 6.04 Å². The van der Waals surface area contributed by atoms with Crippen molar-refractivity contribution in [2.45, 2.75) is 6.04 Å². The fraction of sp³-hybridized carbons (Fsp3) is 0.0833. The second-order valence-electron chi connectivity index (χ2n) is 3.28. The molecule has 0 amide bonds. The molecule has 0 aliphatic carbocycles. The van der Waals surface area contributed by atoms with Gasteiger partial charge in [0.25, 0.3) is 0 Å².